The molecule has 0 aliphatic carbocycles. The summed E-state index contributed by atoms with van der Waals surface area (Å²) in [6.45, 7) is 4.08. The average molecular weight is 150 g/mol. The molecule has 60 valence electrons. The second-order valence-electron chi connectivity index (χ2n) is 2.75. The molecule has 0 aliphatic heterocycles. The molecule has 0 amide bonds. The molecule has 0 spiro atoms. The fourth-order valence-electron chi connectivity index (χ4n) is 0.569. The predicted octanol–water partition coefficient (Wildman–Crippen LogP) is 1.28. The molecule has 1 unspecified atom stereocenters. The van der Waals surface area contributed by atoms with Gasteiger partial charge in [-0.3, -0.25) is 0 Å². The van der Waals surface area contributed by atoms with Crippen LogP contribution in [0.4, 0.5) is 0 Å². The van der Waals surface area contributed by atoms with E-state index in [0.29, 0.717) is 12.3 Å². The van der Waals surface area contributed by atoms with Gasteiger partial charge in [0.05, 0.1) is 12.1 Å². The van der Waals surface area contributed by atoms with Crippen LogP contribution in [0.25, 0.3) is 0 Å². The van der Waals surface area contributed by atoms with Crippen LogP contribution in [0, 0.1) is 29.1 Å². The van der Waals surface area contributed by atoms with Gasteiger partial charge in [0.15, 0.2) is 0 Å². The van der Waals surface area contributed by atoms with Crippen molar-refractivity contribution in [3.05, 3.63) is 0 Å². The standard InChI is InChI=1S/C9H14N2/c1-8(2)5-3-4-6-9(11)7-10/h8-9H,4,6,11H2,1-2H3. The lowest BCUT2D eigenvalue weighted by Crippen LogP contribution is -2.16. The summed E-state index contributed by atoms with van der Waals surface area (Å²) in [6.07, 6.45) is 1.41. The molecule has 2 N–H and O–H groups in total. The van der Waals surface area contributed by atoms with Gasteiger partial charge < -0.3 is 5.73 Å². The highest BCUT2D eigenvalue weighted by Crippen LogP contribution is 1.92. The Hall–Kier alpha value is -0.990. The zero-order chi connectivity index (χ0) is 8.69. The minimum atomic E-state index is -0.350. The second kappa shape index (κ2) is 5.77. The monoisotopic (exact) mass is 150 g/mol. The molecule has 0 rings (SSSR count). The maximum Gasteiger partial charge on any atom is 0.0937 e. The molecule has 2 nitrogen and oxygen atoms in total. The van der Waals surface area contributed by atoms with Crippen molar-refractivity contribution in [1.29, 1.82) is 5.26 Å². The van der Waals surface area contributed by atoms with Crippen molar-refractivity contribution in [3.8, 4) is 17.9 Å². The molecule has 0 heterocycles. The molecule has 0 bridgehead atoms. The fourth-order valence-corrected chi connectivity index (χ4v) is 0.569. The number of hydrogen-bond donors (Lipinski definition) is 1. The number of nitriles is 1. The van der Waals surface area contributed by atoms with E-state index >= 15 is 0 Å². The third kappa shape index (κ3) is 6.90. The summed E-state index contributed by atoms with van der Waals surface area (Å²) in [5.41, 5.74) is 5.36. The van der Waals surface area contributed by atoms with Crippen molar-refractivity contribution >= 4 is 0 Å². The fraction of sp³-hybridized carbons (Fsp3) is 0.667. The Morgan fingerprint density at radius 2 is 2.09 bits per heavy atom. The van der Waals surface area contributed by atoms with Crippen LogP contribution in [0.5, 0.6) is 0 Å². The lowest BCUT2D eigenvalue weighted by atomic mass is 10.1. The van der Waals surface area contributed by atoms with Gasteiger partial charge in [-0.15, -0.1) is 11.8 Å². The van der Waals surface area contributed by atoms with E-state index < -0.39 is 0 Å². The van der Waals surface area contributed by atoms with Crippen molar-refractivity contribution in [2.24, 2.45) is 11.7 Å². The number of nitrogens with zero attached hydrogens (tertiary/aromatic N) is 1. The van der Waals surface area contributed by atoms with Crippen LogP contribution in [0.2, 0.25) is 0 Å². The van der Waals surface area contributed by atoms with Gasteiger partial charge in [-0.05, 0) is 6.42 Å². The molecule has 0 saturated carbocycles. The van der Waals surface area contributed by atoms with E-state index in [-0.39, 0.29) is 6.04 Å². The normalized spacial score (nSPS) is 11.5. The van der Waals surface area contributed by atoms with Crippen LogP contribution in [0.15, 0.2) is 0 Å². The summed E-state index contributed by atoms with van der Waals surface area (Å²) in [5, 5.41) is 8.32. The van der Waals surface area contributed by atoms with Gasteiger partial charge in [0.2, 0.25) is 0 Å². The predicted molar refractivity (Wildman–Crippen MR) is 45.4 cm³/mol. The van der Waals surface area contributed by atoms with Gasteiger partial charge in [0.25, 0.3) is 0 Å². The lowest BCUT2D eigenvalue weighted by molar-refractivity contribution is 0.752. The largest absolute Gasteiger partial charge is 0.316 e. The minimum absolute atomic E-state index is 0.350. The molecule has 2 heteroatoms. The van der Waals surface area contributed by atoms with Crippen molar-refractivity contribution < 1.29 is 0 Å². The van der Waals surface area contributed by atoms with Crippen molar-refractivity contribution in [2.75, 3.05) is 0 Å². The van der Waals surface area contributed by atoms with Crippen LogP contribution in [-0.2, 0) is 0 Å². The average Bonchev–Trinajstić information content (AvgIpc) is 1.97. The van der Waals surface area contributed by atoms with Crippen molar-refractivity contribution in [2.45, 2.75) is 32.7 Å². The van der Waals surface area contributed by atoms with E-state index in [4.69, 9.17) is 11.0 Å². The molecule has 1 atom stereocenters. The molecule has 0 fully saturated rings. The van der Waals surface area contributed by atoms with Gasteiger partial charge in [0, 0.05) is 12.3 Å². The lowest BCUT2D eigenvalue weighted by Gasteiger charge is -1.95. The van der Waals surface area contributed by atoms with Crippen LogP contribution in [0.1, 0.15) is 26.7 Å². The summed E-state index contributed by atoms with van der Waals surface area (Å²) in [4.78, 5) is 0. The van der Waals surface area contributed by atoms with Crippen LogP contribution < -0.4 is 5.73 Å². The summed E-state index contributed by atoms with van der Waals surface area (Å²) in [6, 6.07) is 1.61. The van der Waals surface area contributed by atoms with Gasteiger partial charge >= 0.3 is 0 Å². The molecular weight excluding hydrogens is 136 g/mol. The minimum Gasteiger partial charge on any atom is -0.316 e. The van der Waals surface area contributed by atoms with E-state index in [2.05, 4.69) is 11.8 Å². The van der Waals surface area contributed by atoms with Crippen molar-refractivity contribution in [3.63, 3.8) is 0 Å². The van der Waals surface area contributed by atoms with Gasteiger partial charge in [-0.25, -0.2) is 0 Å². The highest BCUT2D eigenvalue weighted by Gasteiger charge is 1.95. The molecule has 0 aromatic heterocycles. The maximum atomic E-state index is 8.32. The van der Waals surface area contributed by atoms with E-state index in [1.165, 1.54) is 0 Å². The molecule has 0 saturated heterocycles. The summed E-state index contributed by atoms with van der Waals surface area (Å²) < 4.78 is 0. The highest BCUT2D eigenvalue weighted by molar-refractivity contribution is 5.02. The number of nitrogens with two attached hydrogens (primary N) is 1. The first kappa shape index (κ1) is 10.0. The summed E-state index contributed by atoms with van der Waals surface area (Å²) in [5.74, 6) is 6.39. The Balaban J connectivity index is 3.45. The van der Waals surface area contributed by atoms with Crippen molar-refractivity contribution in [1.82, 2.24) is 0 Å². The first-order chi connectivity index (χ1) is 5.16. The third-order valence-electron chi connectivity index (χ3n) is 1.14. The van der Waals surface area contributed by atoms with E-state index in [0.717, 1.165) is 6.42 Å². The topological polar surface area (TPSA) is 49.8 Å². The molecule has 0 radical (unpaired) electrons. The quantitative estimate of drug-likeness (QED) is 0.603. The SMILES string of the molecule is CC(C)C#CCCC(N)C#N. The van der Waals surface area contributed by atoms with E-state index in [1.54, 1.807) is 0 Å². The smallest absolute Gasteiger partial charge is 0.0937 e. The number of rotatable bonds is 2. The van der Waals surface area contributed by atoms with Crippen LogP contribution in [0.3, 0.4) is 0 Å². The highest BCUT2D eigenvalue weighted by atomic mass is 14.6. The Kier molecular flexibility index (Phi) is 5.25. The number of hydrogen-bond acceptors (Lipinski definition) is 2. The zero-order valence-electron chi connectivity index (χ0n) is 7.09. The zero-order valence-corrected chi connectivity index (χ0v) is 7.09. The van der Waals surface area contributed by atoms with Gasteiger partial charge in [-0.2, -0.15) is 5.26 Å². The Morgan fingerprint density at radius 1 is 1.45 bits per heavy atom. The first-order valence-corrected chi connectivity index (χ1v) is 3.80. The molecule has 11 heavy (non-hydrogen) atoms. The molecule has 0 aliphatic rings. The Morgan fingerprint density at radius 3 is 2.55 bits per heavy atom. The summed E-state index contributed by atoms with van der Waals surface area (Å²) >= 11 is 0. The van der Waals surface area contributed by atoms with E-state index in [1.807, 2.05) is 19.9 Å². The van der Waals surface area contributed by atoms with E-state index in [9.17, 15) is 0 Å². The molecule has 0 aromatic rings. The Labute approximate surface area is 68.4 Å². The van der Waals surface area contributed by atoms with Gasteiger partial charge in [-0.1, -0.05) is 13.8 Å². The second-order valence-corrected chi connectivity index (χ2v) is 2.75. The third-order valence-corrected chi connectivity index (χ3v) is 1.14. The van der Waals surface area contributed by atoms with Gasteiger partial charge in [0.1, 0.15) is 0 Å². The van der Waals surface area contributed by atoms with Crippen LogP contribution >= 0.6 is 0 Å². The summed E-state index contributed by atoms with van der Waals surface area (Å²) in [7, 11) is 0. The molecule has 0 aromatic carbocycles. The Bertz CT molecular complexity index is 190. The first-order valence-electron chi connectivity index (χ1n) is 3.80. The van der Waals surface area contributed by atoms with Crippen LogP contribution in [-0.4, -0.2) is 6.04 Å². The maximum absolute atomic E-state index is 8.32. The molecular formula is C9H14N2.